The van der Waals surface area contributed by atoms with Gasteiger partial charge in [-0.3, -0.25) is 4.79 Å². The minimum absolute atomic E-state index is 0.0377. The normalized spacial score (nSPS) is 13.1. The number of oxime groups is 1. The van der Waals surface area contributed by atoms with Crippen molar-refractivity contribution in [2.45, 2.75) is 13.0 Å². The first-order valence-electron chi connectivity index (χ1n) is 4.51. The van der Waals surface area contributed by atoms with E-state index in [1.54, 1.807) is 0 Å². The van der Waals surface area contributed by atoms with Crippen molar-refractivity contribution >= 4 is 45.7 Å². The third-order valence-electron chi connectivity index (χ3n) is 1.71. The number of aliphatic carboxylic acids is 1. The maximum absolute atomic E-state index is 11.2. The molecule has 1 atom stereocenters. The summed E-state index contributed by atoms with van der Waals surface area (Å²) < 4.78 is 0.108. The molecule has 0 aliphatic rings. The molecule has 0 bridgehead atoms. The lowest BCUT2D eigenvalue weighted by Gasteiger charge is -2.05. The minimum atomic E-state index is -1.24. The quantitative estimate of drug-likeness (QED) is 0.517. The summed E-state index contributed by atoms with van der Waals surface area (Å²) in [5.74, 6) is -2.20. The number of nitrogen functional groups attached to an aromatic ring is 1. The third-order valence-corrected chi connectivity index (χ3v) is 2.79. The molecule has 0 spiro atoms. The summed E-state index contributed by atoms with van der Waals surface area (Å²) in [5, 5.41) is 12.1. The molecule has 5 N–H and O–H groups in total. The van der Waals surface area contributed by atoms with Crippen LogP contribution in [0.3, 0.4) is 0 Å². The summed E-state index contributed by atoms with van der Waals surface area (Å²) in [6, 6.07) is 0. The Bertz CT molecular complexity index is 515. The second-order valence-corrected chi connectivity index (χ2v) is 4.70. The molecule has 1 heterocycles. The highest BCUT2D eigenvalue weighted by molar-refractivity contribution is 7.19. The third kappa shape index (κ3) is 3.31. The maximum atomic E-state index is 11.2. The molecule has 0 aliphatic heterocycles. The molecule has 1 rings (SSSR count). The van der Waals surface area contributed by atoms with Crippen molar-refractivity contribution in [2.24, 2.45) is 10.9 Å². The number of thiazole rings is 1. The van der Waals surface area contributed by atoms with Crippen molar-refractivity contribution in [3.8, 4) is 0 Å². The number of anilines is 1. The van der Waals surface area contributed by atoms with Gasteiger partial charge in [-0.25, -0.2) is 9.78 Å². The molecule has 18 heavy (non-hydrogen) atoms. The molecule has 98 valence electrons. The largest absolute Gasteiger partial charge is 0.478 e. The van der Waals surface area contributed by atoms with Crippen molar-refractivity contribution in [2.75, 3.05) is 5.73 Å². The van der Waals surface area contributed by atoms with Gasteiger partial charge in [0, 0.05) is 0 Å². The number of carbonyl (C=O) groups is 2. The molecule has 0 fully saturated rings. The van der Waals surface area contributed by atoms with Gasteiger partial charge in [0.2, 0.25) is 6.10 Å². The fraction of sp³-hybridized carbons (Fsp3) is 0.250. The van der Waals surface area contributed by atoms with Crippen molar-refractivity contribution in [3.63, 3.8) is 0 Å². The van der Waals surface area contributed by atoms with Crippen LogP contribution in [0.1, 0.15) is 12.6 Å². The molecule has 1 aromatic rings. The van der Waals surface area contributed by atoms with Crippen LogP contribution in [-0.4, -0.2) is 33.8 Å². The number of hydrogen-bond acceptors (Lipinski definition) is 7. The standard InChI is InChI=1S/C8H9ClN4O4S/c1-2(7(15)16)17-13-4(6(10)14)3-5(9)18-8(11)12-3/h2H,1H3,(H2,10,14)(H2,11,12)(H,15,16)/b13-4-. The Balaban J connectivity index is 3.04. The fourth-order valence-electron chi connectivity index (χ4n) is 0.845. The van der Waals surface area contributed by atoms with Gasteiger partial charge in [-0.1, -0.05) is 28.1 Å². The maximum Gasteiger partial charge on any atom is 0.347 e. The first-order valence-corrected chi connectivity index (χ1v) is 5.71. The van der Waals surface area contributed by atoms with E-state index in [0.29, 0.717) is 0 Å². The number of nitrogens with zero attached hydrogens (tertiary/aromatic N) is 2. The Hall–Kier alpha value is -1.87. The highest BCUT2D eigenvalue weighted by atomic mass is 35.5. The van der Waals surface area contributed by atoms with Crippen LogP contribution >= 0.6 is 22.9 Å². The van der Waals surface area contributed by atoms with E-state index in [9.17, 15) is 9.59 Å². The second kappa shape index (κ2) is 5.65. The molecular weight excluding hydrogens is 284 g/mol. The van der Waals surface area contributed by atoms with Crippen LogP contribution in [0.5, 0.6) is 0 Å². The van der Waals surface area contributed by atoms with Crippen LogP contribution in [0, 0.1) is 0 Å². The zero-order chi connectivity index (χ0) is 13.9. The van der Waals surface area contributed by atoms with Crippen LogP contribution in [-0.2, 0) is 14.4 Å². The number of aromatic nitrogens is 1. The molecule has 10 heteroatoms. The number of carbonyl (C=O) groups excluding carboxylic acids is 1. The van der Waals surface area contributed by atoms with Gasteiger partial charge in [0.25, 0.3) is 5.91 Å². The Morgan fingerprint density at radius 2 is 2.22 bits per heavy atom. The summed E-state index contributed by atoms with van der Waals surface area (Å²) in [6.07, 6.45) is -1.24. The molecule has 0 radical (unpaired) electrons. The van der Waals surface area contributed by atoms with Crippen molar-refractivity contribution in [3.05, 3.63) is 10.0 Å². The molecule has 0 saturated carbocycles. The number of halogens is 1. The topological polar surface area (TPSA) is 141 Å². The SMILES string of the molecule is CC(O/N=C(\C(N)=O)c1nc(N)sc1Cl)C(=O)O. The average molecular weight is 293 g/mol. The van der Waals surface area contributed by atoms with E-state index in [-0.39, 0.29) is 20.9 Å². The van der Waals surface area contributed by atoms with Gasteiger partial charge in [0.1, 0.15) is 10.0 Å². The summed E-state index contributed by atoms with van der Waals surface area (Å²) >= 11 is 6.70. The van der Waals surface area contributed by atoms with Crippen LogP contribution in [0.4, 0.5) is 5.13 Å². The molecule has 0 aliphatic carbocycles. The molecule has 1 amide bonds. The van der Waals surface area contributed by atoms with Crippen molar-refractivity contribution in [1.82, 2.24) is 4.98 Å². The van der Waals surface area contributed by atoms with Crippen LogP contribution in [0.25, 0.3) is 0 Å². The zero-order valence-corrected chi connectivity index (χ0v) is 10.7. The van der Waals surface area contributed by atoms with Crippen LogP contribution < -0.4 is 11.5 Å². The number of primary amides is 1. The summed E-state index contributed by atoms with van der Waals surface area (Å²) in [6.45, 7) is 1.24. The summed E-state index contributed by atoms with van der Waals surface area (Å²) in [5.41, 5.74) is 10.1. The lowest BCUT2D eigenvalue weighted by atomic mass is 10.3. The minimum Gasteiger partial charge on any atom is -0.478 e. The number of hydrogen-bond donors (Lipinski definition) is 3. The van der Waals surface area contributed by atoms with Gasteiger partial charge in [-0.05, 0) is 6.92 Å². The molecular formula is C8H9ClN4O4S. The Morgan fingerprint density at radius 3 is 2.61 bits per heavy atom. The zero-order valence-electron chi connectivity index (χ0n) is 9.08. The Morgan fingerprint density at radius 1 is 1.61 bits per heavy atom. The number of rotatable bonds is 5. The highest BCUT2D eigenvalue weighted by Gasteiger charge is 2.21. The van der Waals surface area contributed by atoms with Crippen molar-refractivity contribution < 1.29 is 19.5 Å². The Kier molecular flexibility index (Phi) is 4.45. The van der Waals surface area contributed by atoms with Crippen LogP contribution in [0.2, 0.25) is 4.34 Å². The number of carboxylic acid groups (broad SMARTS) is 1. The molecule has 1 unspecified atom stereocenters. The predicted molar refractivity (Wildman–Crippen MR) is 65.5 cm³/mol. The molecule has 8 nitrogen and oxygen atoms in total. The first-order chi connectivity index (χ1) is 8.32. The molecule has 1 aromatic heterocycles. The van der Waals surface area contributed by atoms with Gasteiger partial charge in [0.15, 0.2) is 10.8 Å². The predicted octanol–water partition coefficient (Wildman–Crippen LogP) is 0.0578. The molecule has 0 aromatic carbocycles. The van der Waals surface area contributed by atoms with Gasteiger partial charge in [-0.2, -0.15) is 0 Å². The lowest BCUT2D eigenvalue weighted by Crippen LogP contribution is -2.27. The number of carboxylic acids is 1. The first kappa shape index (κ1) is 14.2. The monoisotopic (exact) mass is 292 g/mol. The Labute approximate surface area is 110 Å². The van der Waals surface area contributed by atoms with E-state index in [4.69, 9.17) is 28.2 Å². The average Bonchev–Trinajstić information content (AvgIpc) is 2.57. The van der Waals surface area contributed by atoms with E-state index in [2.05, 4.69) is 15.0 Å². The van der Waals surface area contributed by atoms with Gasteiger partial charge in [-0.15, -0.1) is 0 Å². The van der Waals surface area contributed by atoms with Gasteiger partial charge >= 0.3 is 5.97 Å². The van der Waals surface area contributed by atoms with E-state index in [1.165, 1.54) is 6.92 Å². The van der Waals surface area contributed by atoms with E-state index < -0.39 is 18.0 Å². The number of amides is 1. The fourth-order valence-corrected chi connectivity index (χ4v) is 1.77. The summed E-state index contributed by atoms with van der Waals surface area (Å²) in [4.78, 5) is 30.1. The van der Waals surface area contributed by atoms with Crippen LogP contribution in [0.15, 0.2) is 5.16 Å². The van der Waals surface area contributed by atoms with Gasteiger partial charge < -0.3 is 21.4 Å². The lowest BCUT2D eigenvalue weighted by molar-refractivity contribution is -0.149. The van der Waals surface area contributed by atoms with Crippen molar-refractivity contribution in [1.29, 1.82) is 0 Å². The molecule has 0 saturated heterocycles. The highest BCUT2D eigenvalue weighted by Crippen LogP contribution is 2.26. The van der Waals surface area contributed by atoms with E-state index >= 15 is 0 Å². The number of nitrogens with two attached hydrogens (primary N) is 2. The van der Waals surface area contributed by atoms with Gasteiger partial charge in [0.05, 0.1) is 0 Å². The van der Waals surface area contributed by atoms with E-state index in [0.717, 1.165) is 11.3 Å². The second-order valence-electron chi connectivity index (χ2n) is 3.06. The summed E-state index contributed by atoms with van der Waals surface area (Å²) in [7, 11) is 0. The smallest absolute Gasteiger partial charge is 0.347 e. The van der Waals surface area contributed by atoms with E-state index in [1.807, 2.05) is 0 Å².